The van der Waals surface area contributed by atoms with Gasteiger partial charge in [0.25, 0.3) is 5.56 Å². The standard InChI is InChI=1S/C10H14BrClN2O2/c1-7(2-4-11)3-5-14-6-8(12)9(15)13-10(14)16/h6-7H,2-5H2,1H3,(H,13,15,16). The summed E-state index contributed by atoms with van der Waals surface area (Å²) in [7, 11) is 0. The molecular weight excluding hydrogens is 295 g/mol. The first kappa shape index (κ1) is 13.5. The number of rotatable bonds is 5. The summed E-state index contributed by atoms with van der Waals surface area (Å²) in [6, 6.07) is 0. The van der Waals surface area contributed by atoms with Crippen molar-refractivity contribution in [1.82, 2.24) is 9.55 Å². The van der Waals surface area contributed by atoms with Crippen molar-refractivity contribution >= 4 is 27.5 Å². The van der Waals surface area contributed by atoms with E-state index in [2.05, 4.69) is 27.8 Å². The summed E-state index contributed by atoms with van der Waals surface area (Å²) in [5.74, 6) is 0.525. The fourth-order valence-electron chi connectivity index (χ4n) is 1.34. The van der Waals surface area contributed by atoms with Crippen LogP contribution in [0.15, 0.2) is 15.8 Å². The maximum atomic E-state index is 11.4. The Kier molecular flexibility index (Phi) is 5.28. The summed E-state index contributed by atoms with van der Waals surface area (Å²) in [6.45, 7) is 2.70. The number of alkyl halides is 1. The van der Waals surface area contributed by atoms with Gasteiger partial charge in [-0.3, -0.25) is 14.3 Å². The molecule has 1 unspecified atom stereocenters. The van der Waals surface area contributed by atoms with Crippen molar-refractivity contribution in [3.05, 3.63) is 32.1 Å². The van der Waals surface area contributed by atoms with E-state index in [-0.39, 0.29) is 5.02 Å². The minimum absolute atomic E-state index is 0.0488. The average Bonchev–Trinajstić information content (AvgIpc) is 2.22. The van der Waals surface area contributed by atoms with Crippen molar-refractivity contribution in [2.24, 2.45) is 5.92 Å². The zero-order valence-corrected chi connectivity index (χ0v) is 11.3. The van der Waals surface area contributed by atoms with Crippen molar-refractivity contribution in [2.45, 2.75) is 26.3 Å². The van der Waals surface area contributed by atoms with Gasteiger partial charge in [-0.2, -0.15) is 0 Å². The van der Waals surface area contributed by atoms with Crippen LogP contribution >= 0.6 is 27.5 Å². The summed E-state index contributed by atoms with van der Waals surface area (Å²) in [6.07, 6.45) is 3.34. The molecule has 0 fully saturated rings. The highest BCUT2D eigenvalue weighted by atomic mass is 79.9. The molecule has 1 aromatic rings. The lowest BCUT2D eigenvalue weighted by atomic mass is 10.1. The van der Waals surface area contributed by atoms with Gasteiger partial charge in [-0.25, -0.2) is 4.79 Å². The van der Waals surface area contributed by atoms with Crippen LogP contribution in [0.1, 0.15) is 19.8 Å². The Labute approximate surface area is 107 Å². The Hall–Kier alpha value is -0.550. The fraction of sp³-hybridized carbons (Fsp3) is 0.600. The van der Waals surface area contributed by atoms with Crippen LogP contribution in [0.4, 0.5) is 0 Å². The van der Waals surface area contributed by atoms with Crippen molar-refractivity contribution in [2.75, 3.05) is 5.33 Å². The lowest BCUT2D eigenvalue weighted by Crippen LogP contribution is -2.30. The minimum atomic E-state index is -0.531. The summed E-state index contributed by atoms with van der Waals surface area (Å²) in [5.41, 5.74) is -0.933. The van der Waals surface area contributed by atoms with E-state index in [0.717, 1.165) is 18.2 Å². The first-order valence-corrected chi connectivity index (χ1v) is 6.59. The third-order valence-electron chi connectivity index (χ3n) is 2.43. The number of nitrogens with zero attached hydrogens (tertiary/aromatic N) is 1. The molecule has 4 nitrogen and oxygen atoms in total. The van der Waals surface area contributed by atoms with Gasteiger partial charge < -0.3 is 0 Å². The molecule has 16 heavy (non-hydrogen) atoms. The van der Waals surface area contributed by atoms with E-state index >= 15 is 0 Å². The van der Waals surface area contributed by atoms with E-state index in [9.17, 15) is 9.59 Å². The van der Waals surface area contributed by atoms with Gasteiger partial charge in [-0.15, -0.1) is 0 Å². The zero-order valence-electron chi connectivity index (χ0n) is 9.00. The van der Waals surface area contributed by atoms with E-state index in [1.54, 1.807) is 0 Å². The normalized spacial score (nSPS) is 12.7. The van der Waals surface area contributed by atoms with Crippen LogP contribution in [0.5, 0.6) is 0 Å². The van der Waals surface area contributed by atoms with Gasteiger partial charge in [0.15, 0.2) is 0 Å². The van der Waals surface area contributed by atoms with Crippen LogP contribution in [0.25, 0.3) is 0 Å². The maximum absolute atomic E-state index is 11.4. The van der Waals surface area contributed by atoms with Crippen LogP contribution in [0.3, 0.4) is 0 Å². The number of aromatic nitrogens is 2. The van der Waals surface area contributed by atoms with Crippen molar-refractivity contribution in [3.8, 4) is 0 Å². The summed E-state index contributed by atoms with van der Waals surface area (Å²) >= 11 is 9.03. The molecule has 0 amide bonds. The van der Waals surface area contributed by atoms with Gasteiger partial charge in [0.1, 0.15) is 5.02 Å². The number of hydrogen-bond donors (Lipinski definition) is 1. The molecule has 1 rings (SSSR count). The van der Waals surface area contributed by atoms with Crippen LogP contribution < -0.4 is 11.2 Å². The predicted octanol–water partition coefficient (Wildman–Crippen LogP) is 2.00. The SMILES string of the molecule is CC(CCBr)CCn1cc(Cl)c(=O)[nH]c1=O. The third-order valence-corrected chi connectivity index (χ3v) is 3.16. The molecule has 0 bridgehead atoms. The Bertz CT molecular complexity index is 455. The van der Waals surface area contributed by atoms with Crippen LogP contribution in [-0.2, 0) is 6.54 Å². The molecule has 0 aliphatic heterocycles. The quantitative estimate of drug-likeness (QED) is 0.846. The number of nitrogens with one attached hydrogen (secondary N) is 1. The Morgan fingerprint density at radius 3 is 2.81 bits per heavy atom. The first-order valence-electron chi connectivity index (χ1n) is 5.10. The van der Waals surface area contributed by atoms with E-state index < -0.39 is 11.2 Å². The van der Waals surface area contributed by atoms with E-state index in [0.29, 0.717) is 12.5 Å². The van der Waals surface area contributed by atoms with E-state index in [1.807, 2.05) is 0 Å². The average molecular weight is 310 g/mol. The molecule has 0 aliphatic rings. The molecule has 0 aromatic carbocycles. The molecule has 0 saturated carbocycles. The van der Waals surface area contributed by atoms with Crippen molar-refractivity contribution < 1.29 is 0 Å². The monoisotopic (exact) mass is 308 g/mol. The van der Waals surface area contributed by atoms with Crippen LogP contribution in [0, 0.1) is 5.92 Å². The molecule has 0 radical (unpaired) electrons. The molecule has 1 aromatic heterocycles. The highest BCUT2D eigenvalue weighted by Crippen LogP contribution is 2.10. The Morgan fingerprint density at radius 1 is 1.50 bits per heavy atom. The molecule has 0 aliphatic carbocycles. The summed E-state index contributed by atoms with van der Waals surface area (Å²) in [4.78, 5) is 24.6. The Morgan fingerprint density at radius 2 is 2.19 bits per heavy atom. The second kappa shape index (κ2) is 6.25. The smallest absolute Gasteiger partial charge is 0.299 e. The van der Waals surface area contributed by atoms with Gasteiger partial charge in [0, 0.05) is 18.1 Å². The largest absolute Gasteiger partial charge is 0.328 e. The Balaban J connectivity index is 2.71. The summed E-state index contributed by atoms with van der Waals surface area (Å²) < 4.78 is 1.44. The van der Waals surface area contributed by atoms with Crippen LogP contribution in [-0.4, -0.2) is 14.9 Å². The molecule has 1 N–H and O–H groups in total. The highest BCUT2D eigenvalue weighted by molar-refractivity contribution is 9.09. The molecular formula is C10H14BrClN2O2. The predicted molar refractivity (Wildman–Crippen MR) is 68.5 cm³/mol. The number of aryl methyl sites for hydroxylation is 1. The molecule has 0 spiro atoms. The lowest BCUT2D eigenvalue weighted by Gasteiger charge is -2.10. The maximum Gasteiger partial charge on any atom is 0.328 e. The second-order valence-electron chi connectivity index (χ2n) is 3.80. The number of hydrogen-bond acceptors (Lipinski definition) is 2. The van der Waals surface area contributed by atoms with Gasteiger partial charge in [-0.1, -0.05) is 34.5 Å². The topological polar surface area (TPSA) is 54.9 Å². The van der Waals surface area contributed by atoms with Crippen molar-refractivity contribution in [1.29, 1.82) is 0 Å². The lowest BCUT2D eigenvalue weighted by molar-refractivity contribution is 0.462. The van der Waals surface area contributed by atoms with Gasteiger partial charge in [0.05, 0.1) is 0 Å². The number of halogens is 2. The number of H-pyrrole nitrogens is 1. The molecule has 90 valence electrons. The van der Waals surface area contributed by atoms with Gasteiger partial charge in [-0.05, 0) is 18.8 Å². The summed E-state index contributed by atoms with van der Waals surface area (Å²) in [5, 5.41) is 1.00. The highest BCUT2D eigenvalue weighted by Gasteiger charge is 2.05. The first-order chi connectivity index (χ1) is 7.54. The van der Waals surface area contributed by atoms with E-state index in [4.69, 9.17) is 11.6 Å². The van der Waals surface area contributed by atoms with E-state index in [1.165, 1.54) is 10.8 Å². The van der Waals surface area contributed by atoms with Crippen molar-refractivity contribution in [3.63, 3.8) is 0 Å². The molecule has 1 heterocycles. The third kappa shape index (κ3) is 3.79. The second-order valence-corrected chi connectivity index (χ2v) is 5.00. The molecule has 6 heteroatoms. The van der Waals surface area contributed by atoms with Crippen LogP contribution in [0.2, 0.25) is 5.02 Å². The minimum Gasteiger partial charge on any atom is -0.299 e. The van der Waals surface area contributed by atoms with Gasteiger partial charge >= 0.3 is 5.69 Å². The molecule has 1 atom stereocenters. The number of aromatic amines is 1. The zero-order chi connectivity index (χ0) is 12.1. The van der Waals surface area contributed by atoms with Gasteiger partial charge in [0.2, 0.25) is 0 Å². The fourth-order valence-corrected chi connectivity index (χ4v) is 2.29. The molecule has 0 saturated heterocycles.